The first-order valence-electron chi connectivity index (χ1n) is 7.27. The number of thioether (sulfide) groups is 1. The van der Waals surface area contributed by atoms with E-state index in [2.05, 4.69) is 5.32 Å². The van der Waals surface area contributed by atoms with Gasteiger partial charge in [0.2, 0.25) is 0 Å². The highest BCUT2D eigenvalue weighted by Crippen LogP contribution is 2.13. The smallest absolute Gasteiger partial charge is 0.316 e. The van der Waals surface area contributed by atoms with Gasteiger partial charge in [-0.15, -0.1) is 11.8 Å². The molecule has 0 radical (unpaired) electrons. The minimum atomic E-state index is -0.384. The van der Waals surface area contributed by atoms with Crippen LogP contribution in [0.1, 0.15) is 11.1 Å². The SMILES string of the molecule is Cc1ccc(CSCC(=O)OCC(=O)Nc2ccccc2)cc1. The van der Waals surface area contributed by atoms with Crippen molar-refractivity contribution in [1.29, 1.82) is 0 Å². The van der Waals surface area contributed by atoms with Crippen LogP contribution in [-0.2, 0) is 20.1 Å². The number of benzene rings is 2. The lowest BCUT2D eigenvalue weighted by atomic mass is 10.2. The van der Waals surface area contributed by atoms with E-state index in [9.17, 15) is 9.59 Å². The third-order valence-corrected chi connectivity index (χ3v) is 4.01. The maximum atomic E-state index is 11.6. The molecule has 2 rings (SSSR count). The minimum absolute atomic E-state index is 0.229. The number of carbonyl (C=O) groups excluding carboxylic acids is 2. The maximum absolute atomic E-state index is 11.6. The van der Waals surface area contributed by atoms with Crippen LogP contribution in [-0.4, -0.2) is 24.2 Å². The van der Waals surface area contributed by atoms with Gasteiger partial charge in [-0.1, -0.05) is 48.0 Å². The highest BCUT2D eigenvalue weighted by atomic mass is 32.2. The fraction of sp³-hybridized carbons (Fsp3) is 0.222. The molecule has 0 heterocycles. The second-order valence-corrected chi connectivity index (χ2v) is 6.04. The molecule has 1 N–H and O–H groups in total. The Balaban J connectivity index is 1.63. The lowest BCUT2D eigenvalue weighted by Crippen LogP contribution is -2.21. The second-order valence-electron chi connectivity index (χ2n) is 5.05. The molecule has 0 saturated heterocycles. The zero-order valence-electron chi connectivity index (χ0n) is 13.0. The van der Waals surface area contributed by atoms with E-state index in [1.54, 1.807) is 12.1 Å². The molecule has 0 bridgehead atoms. The average molecular weight is 329 g/mol. The number of ether oxygens (including phenoxy) is 1. The van der Waals surface area contributed by atoms with Gasteiger partial charge >= 0.3 is 5.97 Å². The number of carbonyl (C=O) groups is 2. The molecule has 0 saturated carbocycles. The lowest BCUT2D eigenvalue weighted by Gasteiger charge is -2.06. The van der Waals surface area contributed by atoms with Gasteiger partial charge in [0.1, 0.15) is 0 Å². The average Bonchev–Trinajstić information content (AvgIpc) is 2.56. The number of nitrogens with one attached hydrogen (secondary N) is 1. The summed E-state index contributed by atoms with van der Waals surface area (Å²) in [7, 11) is 0. The van der Waals surface area contributed by atoms with Gasteiger partial charge in [-0.2, -0.15) is 0 Å². The van der Waals surface area contributed by atoms with Crippen LogP contribution in [0, 0.1) is 6.92 Å². The number of para-hydroxylation sites is 1. The van der Waals surface area contributed by atoms with Gasteiger partial charge in [-0.05, 0) is 24.6 Å². The molecule has 120 valence electrons. The van der Waals surface area contributed by atoms with Crippen molar-refractivity contribution in [1.82, 2.24) is 0 Å². The molecule has 0 aliphatic rings. The lowest BCUT2D eigenvalue weighted by molar-refractivity contribution is -0.144. The molecule has 0 spiro atoms. The maximum Gasteiger partial charge on any atom is 0.316 e. The normalized spacial score (nSPS) is 10.1. The van der Waals surface area contributed by atoms with Crippen molar-refractivity contribution in [2.75, 3.05) is 17.7 Å². The summed E-state index contributed by atoms with van der Waals surface area (Å²) in [4.78, 5) is 23.3. The molecule has 0 atom stereocenters. The predicted molar refractivity (Wildman–Crippen MR) is 93.4 cm³/mol. The summed E-state index contributed by atoms with van der Waals surface area (Å²) in [6.45, 7) is 1.77. The standard InChI is InChI=1S/C18H19NO3S/c1-14-7-9-15(10-8-14)12-23-13-18(21)22-11-17(20)19-16-5-3-2-4-6-16/h2-10H,11-13H2,1H3,(H,19,20). The van der Waals surface area contributed by atoms with Crippen molar-refractivity contribution in [2.45, 2.75) is 12.7 Å². The predicted octanol–water partition coefficient (Wildman–Crippen LogP) is 3.41. The van der Waals surface area contributed by atoms with E-state index in [1.165, 1.54) is 17.3 Å². The largest absolute Gasteiger partial charge is 0.455 e. The quantitative estimate of drug-likeness (QED) is 0.791. The van der Waals surface area contributed by atoms with E-state index in [-0.39, 0.29) is 24.2 Å². The van der Waals surface area contributed by atoms with Crippen LogP contribution >= 0.6 is 11.8 Å². The van der Waals surface area contributed by atoms with Crippen molar-refractivity contribution in [3.05, 3.63) is 65.7 Å². The van der Waals surface area contributed by atoms with Crippen LogP contribution < -0.4 is 5.32 Å². The molecule has 5 heteroatoms. The molecular weight excluding hydrogens is 310 g/mol. The summed E-state index contributed by atoms with van der Waals surface area (Å²) >= 11 is 1.47. The van der Waals surface area contributed by atoms with Crippen LogP contribution in [0.3, 0.4) is 0 Å². The van der Waals surface area contributed by atoms with Gasteiger partial charge in [-0.25, -0.2) is 0 Å². The number of rotatable bonds is 7. The Labute approximate surface area is 140 Å². The van der Waals surface area contributed by atoms with Gasteiger partial charge in [0.15, 0.2) is 6.61 Å². The first-order chi connectivity index (χ1) is 11.1. The van der Waals surface area contributed by atoms with E-state index in [0.29, 0.717) is 5.69 Å². The van der Waals surface area contributed by atoms with Crippen LogP contribution in [0.2, 0.25) is 0 Å². The van der Waals surface area contributed by atoms with Crippen molar-refractivity contribution < 1.29 is 14.3 Å². The number of hydrogen-bond donors (Lipinski definition) is 1. The number of esters is 1. The molecule has 23 heavy (non-hydrogen) atoms. The third-order valence-electron chi connectivity index (χ3n) is 3.03. The topological polar surface area (TPSA) is 55.4 Å². The first-order valence-corrected chi connectivity index (χ1v) is 8.43. The molecule has 0 aliphatic heterocycles. The van der Waals surface area contributed by atoms with Crippen molar-refractivity contribution in [2.24, 2.45) is 0 Å². The number of hydrogen-bond acceptors (Lipinski definition) is 4. The van der Waals surface area contributed by atoms with E-state index < -0.39 is 0 Å². The molecule has 0 unspecified atom stereocenters. The molecular formula is C18H19NO3S. The van der Waals surface area contributed by atoms with Gasteiger partial charge < -0.3 is 10.1 Å². The Morgan fingerprint density at radius 3 is 2.43 bits per heavy atom. The van der Waals surface area contributed by atoms with E-state index >= 15 is 0 Å². The van der Waals surface area contributed by atoms with E-state index in [1.807, 2.05) is 49.4 Å². The summed E-state index contributed by atoms with van der Waals surface area (Å²) in [5.74, 6) is 0.247. The number of anilines is 1. The van der Waals surface area contributed by atoms with Gasteiger partial charge in [0.05, 0.1) is 5.75 Å². The molecule has 0 aliphatic carbocycles. The molecule has 1 amide bonds. The Hall–Kier alpha value is -2.27. The fourth-order valence-corrected chi connectivity index (χ4v) is 2.62. The van der Waals surface area contributed by atoms with Crippen LogP contribution in [0.25, 0.3) is 0 Å². The molecule has 4 nitrogen and oxygen atoms in total. The monoisotopic (exact) mass is 329 g/mol. The Morgan fingerprint density at radius 2 is 1.74 bits per heavy atom. The fourth-order valence-electron chi connectivity index (χ4n) is 1.84. The summed E-state index contributed by atoms with van der Waals surface area (Å²) in [6.07, 6.45) is 0. The molecule has 0 fully saturated rings. The zero-order valence-corrected chi connectivity index (χ0v) is 13.8. The van der Waals surface area contributed by atoms with Gasteiger partial charge in [0.25, 0.3) is 5.91 Å². The number of amides is 1. The highest BCUT2D eigenvalue weighted by Gasteiger charge is 2.08. The second kappa shape index (κ2) is 9.00. The molecule has 2 aromatic carbocycles. The summed E-state index contributed by atoms with van der Waals surface area (Å²) in [5, 5.41) is 2.66. The molecule has 2 aromatic rings. The minimum Gasteiger partial charge on any atom is -0.455 e. The Kier molecular flexibility index (Phi) is 6.69. The van der Waals surface area contributed by atoms with Crippen LogP contribution in [0.5, 0.6) is 0 Å². The first kappa shape index (κ1) is 17.1. The summed E-state index contributed by atoms with van der Waals surface area (Å²) < 4.78 is 4.96. The Bertz CT molecular complexity index is 641. The van der Waals surface area contributed by atoms with Crippen LogP contribution in [0.15, 0.2) is 54.6 Å². The van der Waals surface area contributed by atoms with Crippen molar-refractivity contribution >= 4 is 29.3 Å². The number of aryl methyl sites for hydroxylation is 1. The van der Waals surface area contributed by atoms with Crippen LogP contribution in [0.4, 0.5) is 5.69 Å². The van der Waals surface area contributed by atoms with E-state index in [0.717, 1.165) is 11.3 Å². The van der Waals surface area contributed by atoms with Crippen molar-refractivity contribution in [3.63, 3.8) is 0 Å². The zero-order chi connectivity index (χ0) is 16.5. The van der Waals surface area contributed by atoms with Gasteiger partial charge in [-0.3, -0.25) is 9.59 Å². The summed E-state index contributed by atoms with van der Waals surface area (Å²) in [5.41, 5.74) is 3.06. The molecule has 0 aromatic heterocycles. The third kappa shape index (κ3) is 6.57. The van der Waals surface area contributed by atoms with E-state index in [4.69, 9.17) is 4.74 Å². The summed E-state index contributed by atoms with van der Waals surface area (Å²) in [6, 6.07) is 17.2. The van der Waals surface area contributed by atoms with Crippen molar-refractivity contribution in [3.8, 4) is 0 Å². The van der Waals surface area contributed by atoms with Gasteiger partial charge in [0, 0.05) is 11.4 Å². The Morgan fingerprint density at radius 1 is 1.04 bits per heavy atom. The highest BCUT2D eigenvalue weighted by molar-refractivity contribution is 7.99.